The van der Waals surface area contributed by atoms with Crippen molar-refractivity contribution in [2.24, 2.45) is 0 Å². The molecule has 128 valence electrons. The first-order valence-electron chi connectivity index (χ1n) is 8.14. The van der Waals surface area contributed by atoms with E-state index in [9.17, 15) is 8.42 Å². The lowest BCUT2D eigenvalue weighted by Crippen LogP contribution is -2.26. The molecule has 1 aliphatic rings. The maximum Gasteiger partial charge on any atom is 0.227 e. The molecule has 1 fully saturated rings. The Balaban J connectivity index is 1.71. The largest absolute Gasteiger partial charge is 0.366 e. The fourth-order valence-electron chi connectivity index (χ4n) is 2.83. The number of hydrogen-bond acceptors (Lipinski definition) is 6. The third kappa shape index (κ3) is 4.23. The molecule has 6 nitrogen and oxygen atoms in total. The van der Waals surface area contributed by atoms with Crippen LogP contribution in [-0.4, -0.2) is 42.5 Å². The molecule has 2 heterocycles. The van der Waals surface area contributed by atoms with Crippen LogP contribution in [0.2, 0.25) is 0 Å². The molecule has 1 aliphatic heterocycles. The van der Waals surface area contributed by atoms with Gasteiger partial charge in [-0.05, 0) is 25.0 Å². The van der Waals surface area contributed by atoms with Gasteiger partial charge < -0.3 is 10.2 Å². The molecule has 0 amide bonds. The molecule has 0 bridgehead atoms. The highest BCUT2D eigenvalue weighted by molar-refractivity contribution is 7.91. The van der Waals surface area contributed by atoms with Gasteiger partial charge >= 0.3 is 0 Å². The molecule has 1 atom stereocenters. The first kappa shape index (κ1) is 16.7. The van der Waals surface area contributed by atoms with Crippen LogP contribution in [0.3, 0.4) is 0 Å². The molecule has 1 unspecified atom stereocenters. The first-order valence-corrected chi connectivity index (χ1v) is 9.97. The fourth-order valence-corrected chi connectivity index (χ4v) is 4.50. The molecule has 24 heavy (non-hydrogen) atoms. The van der Waals surface area contributed by atoms with E-state index >= 15 is 0 Å². The molecular weight excluding hydrogens is 324 g/mol. The molecule has 1 saturated heterocycles. The van der Waals surface area contributed by atoms with Crippen molar-refractivity contribution in [2.45, 2.75) is 25.9 Å². The lowest BCUT2D eigenvalue weighted by molar-refractivity contribution is 0.602. The number of sulfone groups is 1. The summed E-state index contributed by atoms with van der Waals surface area (Å²) in [6, 6.07) is 11.9. The van der Waals surface area contributed by atoms with Gasteiger partial charge in [0.25, 0.3) is 0 Å². The second-order valence-corrected chi connectivity index (χ2v) is 8.21. The maximum absolute atomic E-state index is 11.6. The third-order valence-electron chi connectivity index (χ3n) is 4.11. The smallest absolute Gasteiger partial charge is 0.227 e. The summed E-state index contributed by atoms with van der Waals surface area (Å²) in [7, 11) is -2.90. The van der Waals surface area contributed by atoms with Gasteiger partial charge in [-0.15, -0.1) is 0 Å². The summed E-state index contributed by atoms with van der Waals surface area (Å²) in [5, 5.41) is 3.22. The lowest BCUT2D eigenvalue weighted by atomic mass is 10.2. The van der Waals surface area contributed by atoms with Crippen LogP contribution in [0.1, 0.15) is 18.9 Å². The van der Waals surface area contributed by atoms with Gasteiger partial charge in [-0.1, -0.05) is 30.3 Å². The molecule has 1 aromatic carbocycles. The number of anilines is 2. The molecular formula is C17H22N4O2S. The molecule has 7 heteroatoms. The van der Waals surface area contributed by atoms with Crippen molar-refractivity contribution in [3.8, 4) is 0 Å². The van der Waals surface area contributed by atoms with Crippen molar-refractivity contribution in [2.75, 3.05) is 28.3 Å². The van der Waals surface area contributed by atoms with E-state index < -0.39 is 9.84 Å². The lowest BCUT2D eigenvalue weighted by Gasteiger charge is -2.22. The molecule has 1 N–H and O–H groups in total. The maximum atomic E-state index is 11.6. The number of rotatable bonds is 6. The van der Waals surface area contributed by atoms with Crippen molar-refractivity contribution < 1.29 is 8.42 Å². The summed E-state index contributed by atoms with van der Waals surface area (Å²) in [6.07, 6.45) is 2.34. The SMILES string of the molecule is CCN(Cc1ccccc1)c1nccc(NC2CCS(=O)(=O)C2)n1. The number of nitrogens with zero attached hydrogens (tertiary/aromatic N) is 3. The molecule has 3 rings (SSSR count). The van der Waals surface area contributed by atoms with E-state index in [-0.39, 0.29) is 17.5 Å². The minimum absolute atomic E-state index is 0.0676. The summed E-state index contributed by atoms with van der Waals surface area (Å²) in [5.41, 5.74) is 1.20. The van der Waals surface area contributed by atoms with Crippen LogP contribution in [0.25, 0.3) is 0 Å². The van der Waals surface area contributed by atoms with Crippen molar-refractivity contribution in [3.63, 3.8) is 0 Å². The Bertz CT molecular complexity index is 780. The minimum Gasteiger partial charge on any atom is -0.366 e. The topological polar surface area (TPSA) is 75.2 Å². The molecule has 2 aromatic rings. The van der Waals surface area contributed by atoms with Gasteiger partial charge in [-0.2, -0.15) is 4.98 Å². The fraction of sp³-hybridized carbons (Fsp3) is 0.412. The standard InChI is InChI=1S/C17H22N4O2S/c1-2-21(12-14-6-4-3-5-7-14)17-18-10-8-16(20-17)19-15-9-11-24(22,23)13-15/h3-8,10,15H,2,9,11-13H2,1H3,(H,18,19,20). The van der Waals surface area contributed by atoms with E-state index in [1.165, 1.54) is 5.56 Å². The molecule has 1 aromatic heterocycles. The van der Waals surface area contributed by atoms with E-state index in [1.54, 1.807) is 12.3 Å². The number of aromatic nitrogens is 2. The molecule has 0 aliphatic carbocycles. The zero-order valence-corrected chi connectivity index (χ0v) is 14.5. The number of nitrogens with one attached hydrogen (secondary N) is 1. The molecule has 0 radical (unpaired) electrons. The Morgan fingerprint density at radius 3 is 2.71 bits per heavy atom. The van der Waals surface area contributed by atoms with Crippen molar-refractivity contribution in [1.82, 2.24) is 9.97 Å². The Morgan fingerprint density at radius 2 is 2.04 bits per heavy atom. The van der Waals surface area contributed by atoms with Crippen LogP contribution < -0.4 is 10.2 Å². The van der Waals surface area contributed by atoms with Crippen LogP contribution in [0.4, 0.5) is 11.8 Å². The van der Waals surface area contributed by atoms with E-state index in [0.29, 0.717) is 18.2 Å². The monoisotopic (exact) mass is 346 g/mol. The van der Waals surface area contributed by atoms with Crippen LogP contribution in [0.5, 0.6) is 0 Å². The summed E-state index contributed by atoms with van der Waals surface area (Å²) >= 11 is 0. The van der Waals surface area contributed by atoms with E-state index in [0.717, 1.165) is 13.1 Å². The van der Waals surface area contributed by atoms with Gasteiger partial charge in [0, 0.05) is 25.3 Å². The second kappa shape index (κ2) is 7.17. The highest BCUT2D eigenvalue weighted by Crippen LogP contribution is 2.18. The van der Waals surface area contributed by atoms with Gasteiger partial charge in [0.15, 0.2) is 9.84 Å². The summed E-state index contributed by atoms with van der Waals surface area (Å²) < 4.78 is 23.1. The van der Waals surface area contributed by atoms with Crippen LogP contribution in [-0.2, 0) is 16.4 Å². The Morgan fingerprint density at radius 1 is 1.25 bits per heavy atom. The minimum atomic E-state index is -2.90. The molecule has 0 spiro atoms. The van der Waals surface area contributed by atoms with E-state index in [4.69, 9.17) is 0 Å². The van der Waals surface area contributed by atoms with Crippen LogP contribution in [0, 0.1) is 0 Å². The summed E-state index contributed by atoms with van der Waals surface area (Å²) in [4.78, 5) is 11.0. The Kier molecular flexibility index (Phi) is 4.99. The normalized spacial score (nSPS) is 19.1. The van der Waals surface area contributed by atoms with Gasteiger partial charge in [0.2, 0.25) is 5.95 Å². The predicted octanol–water partition coefficient (Wildman–Crippen LogP) is 2.10. The second-order valence-electron chi connectivity index (χ2n) is 5.99. The highest BCUT2D eigenvalue weighted by atomic mass is 32.2. The zero-order valence-electron chi connectivity index (χ0n) is 13.7. The third-order valence-corrected chi connectivity index (χ3v) is 5.88. The Labute approximate surface area is 142 Å². The van der Waals surface area contributed by atoms with Crippen molar-refractivity contribution in [1.29, 1.82) is 0 Å². The average Bonchev–Trinajstić information content (AvgIpc) is 2.92. The van der Waals surface area contributed by atoms with Gasteiger partial charge in [-0.25, -0.2) is 13.4 Å². The number of hydrogen-bond donors (Lipinski definition) is 1. The van der Waals surface area contributed by atoms with Crippen LogP contribution in [0.15, 0.2) is 42.6 Å². The first-order chi connectivity index (χ1) is 11.6. The van der Waals surface area contributed by atoms with Gasteiger partial charge in [-0.3, -0.25) is 0 Å². The van der Waals surface area contributed by atoms with E-state index in [1.807, 2.05) is 18.2 Å². The number of benzene rings is 1. The summed E-state index contributed by atoms with van der Waals surface area (Å²) in [6.45, 7) is 3.59. The quantitative estimate of drug-likeness (QED) is 0.863. The van der Waals surface area contributed by atoms with Gasteiger partial charge in [0.1, 0.15) is 5.82 Å². The van der Waals surface area contributed by atoms with Crippen molar-refractivity contribution in [3.05, 3.63) is 48.2 Å². The van der Waals surface area contributed by atoms with Crippen molar-refractivity contribution >= 4 is 21.6 Å². The van der Waals surface area contributed by atoms with Gasteiger partial charge in [0.05, 0.1) is 11.5 Å². The average molecular weight is 346 g/mol. The molecule has 0 saturated carbocycles. The van der Waals surface area contributed by atoms with E-state index in [2.05, 4.69) is 39.2 Å². The summed E-state index contributed by atoms with van der Waals surface area (Å²) in [5.74, 6) is 1.74. The zero-order chi connectivity index (χ0) is 17.0. The highest BCUT2D eigenvalue weighted by Gasteiger charge is 2.28. The Hall–Kier alpha value is -2.15. The predicted molar refractivity (Wildman–Crippen MR) is 95.9 cm³/mol. The van der Waals surface area contributed by atoms with Crippen LogP contribution >= 0.6 is 0 Å².